The van der Waals surface area contributed by atoms with Crippen LogP contribution < -0.4 is 0 Å². The molecule has 0 aromatic heterocycles. The minimum atomic E-state index is 0.486. The van der Waals surface area contributed by atoms with E-state index >= 15 is 0 Å². The first-order chi connectivity index (χ1) is 52.2. The molecule has 0 heterocycles. The van der Waals surface area contributed by atoms with E-state index in [-0.39, 0.29) is 0 Å². The highest BCUT2D eigenvalue weighted by molar-refractivity contribution is 5.34. The van der Waals surface area contributed by atoms with Gasteiger partial charge in [0.2, 0.25) is 0 Å². The molecule has 0 saturated heterocycles. The van der Waals surface area contributed by atoms with Gasteiger partial charge >= 0.3 is 0 Å². The fraction of sp³-hybridized carbons (Fsp3) is 0.784. The second-order valence-corrected chi connectivity index (χ2v) is 46.9. The summed E-state index contributed by atoms with van der Waals surface area (Å²) in [7, 11) is 0. The SMILES string of the molecule is C=C(C)[C@@H]1CCC2=CCC[C@@H](C)[C@]2(C)C1.C=C(C)[C@@]12CCC[C@@]3(C)C1CC[C@]3(C)C2.C=C(C)[C@H]1CC=C(C)CC1.C=C1C2CCC3(C2)[C@H](C(C)C)CC[C@]13C.C=C1C2CCC3C2C(C)(C)CCC[C@@]13C.C=C1CC/C=C(\C)CC[C@@H]2[C@@H]1CC2(C)C.C=C1CCC2CC2C2C(C)CCC12.C=C1CCCC[C@]12CC=C(C)CC2. The third-order valence-electron chi connectivity index (χ3n) is 39.8. The Morgan fingerprint density at radius 3 is 1.84 bits per heavy atom. The van der Waals surface area contributed by atoms with Gasteiger partial charge in [0, 0.05) is 0 Å². The summed E-state index contributed by atoms with van der Waals surface area (Å²) in [5.74, 6) is 15.8. The second-order valence-electron chi connectivity index (χ2n) is 46.9. The Bertz CT molecular complexity index is 3580. The van der Waals surface area contributed by atoms with Crippen molar-refractivity contribution < 1.29 is 0 Å². The van der Waals surface area contributed by atoms with Gasteiger partial charge in [0.05, 0.1) is 0 Å². The van der Waals surface area contributed by atoms with E-state index in [1.54, 1.807) is 51.0 Å². The lowest BCUT2D eigenvalue weighted by Gasteiger charge is -2.53. The van der Waals surface area contributed by atoms with Crippen molar-refractivity contribution in [3.63, 3.8) is 0 Å². The molecule has 2 spiro atoms. The molecule has 111 heavy (non-hydrogen) atoms. The number of hydrogen-bond donors (Lipinski definition) is 0. The predicted molar refractivity (Wildman–Crippen MR) is 486 cm³/mol. The first kappa shape index (κ1) is 87.2. The molecule has 0 aromatic carbocycles. The molecule has 0 nitrogen and oxygen atoms in total. The Hall–Kier alpha value is -3.12. The van der Waals surface area contributed by atoms with Crippen LogP contribution in [0.5, 0.6) is 0 Å². The number of allylic oxidation sites excluding steroid dienone is 16. The lowest BCUT2D eigenvalue weighted by atomic mass is 9.52. The quantitative estimate of drug-likeness (QED) is 0.246. The molecule has 0 aromatic rings. The van der Waals surface area contributed by atoms with Crippen LogP contribution >= 0.6 is 0 Å². The zero-order chi connectivity index (χ0) is 80.6. The van der Waals surface area contributed by atoms with Gasteiger partial charge in [0.15, 0.2) is 0 Å². The fourth-order valence-corrected chi connectivity index (χ4v) is 31.6. The van der Waals surface area contributed by atoms with Crippen molar-refractivity contribution in [1.82, 2.24) is 0 Å². The van der Waals surface area contributed by atoms with Gasteiger partial charge in [-0.25, -0.2) is 0 Å². The molecule has 0 radical (unpaired) electrons. The molecule has 15 saturated carbocycles. The van der Waals surface area contributed by atoms with Gasteiger partial charge in [-0.1, -0.05) is 253 Å². The van der Waals surface area contributed by atoms with E-state index in [1.807, 2.05) is 0 Å². The van der Waals surface area contributed by atoms with Crippen molar-refractivity contribution in [2.24, 2.45) is 155 Å². The zero-order valence-corrected chi connectivity index (χ0v) is 76.8. The van der Waals surface area contributed by atoms with Gasteiger partial charge in [-0.05, 0) is 440 Å². The fourth-order valence-electron chi connectivity index (χ4n) is 31.6. The van der Waals surface area contributed by atoms with E-state index in [9.17, 15) is 0 Å². The Morgan fingerprint density at radius 2 is 1.18 bits per heavy atom. The van der Waals surface area contributed by atoms with Gasteiger partial charge in [-0.2, -0.15) is 0 Å². The molecule has 0 heteroatoms. The molecule has 19 aliphatic rings. The molecule has 0 amide bonds. The van der Waals surface area contributed by atoms with Crippen molar-refractivity contribution in [1.29, 1.82) is 0 Å². The predicted octanol–water partition coefficient (Wildman–Crippen LogP) is 34.0. The van der Waals surface area contributed by atoms with Gasteiger partial charge in [0.25, 0.3) is 0 Å². The van der Waals surface area contributed by atoms with Crippen molar-refractivity contribution >= 4 is 0 Å². The minimum Gasteiger partial charge on any atom is -0.0999 e. The Morgan fingerprint density at radius 1 is 0.495 bits per heavy atom. The maximum atomic E-state index is 4.46. The molecule has 0 N–H and O–H groups in total. The first-order valence-corrected chi connectivity index (χ1v) is 48.2. The average Bonchev–Trinajstić information content (AvgIpc) is 1.53. The molecule has 24 atom stereocenters. The summed E-state index contributed by atoms with van der Waals surface area (Å²) >= 11 is 0. The van der Waals surface area contributed by atoms with Crippen molar-refractivity contribution in [3.8, 4) is 0 Å². The summed E-state index contributed by atoms with van der Waals surface area (Å²) in [5.41, 5.74) is 24.3. The van der Waals surface area contributed by atoms with Crippen LogP contribution in [0.3, 0.4) is 0 Å². The van der Waals surface area contributed by atoms with Crippen molar-refractivity contribution in [3.05, 3.63) is 144 Å². The third kappa shape index (κ3) is 16.5. The number of rotatable bonds is 4. The zero-order valence-electron chi connectivity index (χ0n) is 76.8. The Balaban J connectivity index is 0.000000118. The summed E-state index contributed by atoms with van der Waals surface area (Å²) < 4.78 is 0. The topological polar surface area (TPSA) is 0 Å². The first-order valence-electron chi connectivity index (χ1n) is 48.2. The van der Waals surface area contributed by atoms with Crippen LogP contribution in [0.1, 0.15) is 395 Å². The van der Waals surface area contributed by atoms with Crippen molar-refractivity contribution in [2.75, 3.05) is 0 Å². The van der Waals surface area contributed by atoms with Crippen LogP contribution in [0.15, 0.2) is 144 Å². The van der Waals surface area contributed by atoms with E-state index in [0.717, 1.165) is 101 Å². The molecule has 0 aliphatic heterocycles. The molecular formula is C111H176. The smallest absolute Gasteiger partial charge is 0.00532 e. The molecule has 620 valence electrons. The van der Waals surface area contributed by atoms with Crippen LogP contribution in [0, 0.1) is 155 Å². The van der Waals surface area contributed by atoms with E-state index in [0.29, 0.717) is 54.1 Å². The average molecular weight is 1510 g/mol. The van der Waals surface area contributed by atoms with E-state index in [4.69, 9.17) is 0 Å². The summed E-state index contributed by atoms with van der Waals surface area (Å²) in [4.78, 5) is 0. The minimum absolute atomic E-state index is 0.486. The number of hydrogen-bond acceptors (Lipinski definition) is 0. The molecule has 10 bridgehead atoms. The van der Waals surface area contributed by atoms with Gasteiger partial charge in [-0.15, -0.1) is 0 Å². The van der Waals surface area contributed by atoms with E-state index in [2.05, 4.69) is 208 Å². The Kier molecular flexibility index (Phi) is 26.4. The van der Waals surface area contributed by atoms with Gasteiger partial charge in [0.1, 0.15) is 0 Å². The van der Waals surface area contributed by atoms with Gasteiger partial charge in [-0.3, -0.25) is 0 Å². The highest BCUT2D eigenvalue weighted by Gasteiger charge is 2.71. The lowest BCUT2D eigenvalue weighted by molar-refractivity contribution is 0.00384. The lowest BCUT2D eigenvalue weighted by Crippen LogP contribution is -2.44. The van der Waals surface area contributed by atoms with Gasteiger partial charge < -0.3 is 0 Å². The number of fused-ring (bicyclic) bond motifs is 6. The van der Waals surface area contributed by atoms with Crippen LogP contribution in [-0.2, 0) is 0 Å². The highest BCUT2D eigenvalue weighted by atomic mass is 14.7. The van der Waals surface area contributed by atoms with Crippen LogP contribution in [0.4, 0.5) is 0 Å². The molecule has 19 aliphatic carbocycles. The molecule has 19 rings (SSSR count). The standard InChI is InChI=1S/5C15H24.2C13H20.C10H16/c1-10(2)13-6-7-14(4)11(3)12-5-8-15(13,14)9-12;1-10-11-6-7-12-13(11)14(2,3)8-5-9-15(10,12)4;1-11(2)15-8-5-7-14(4)12(15)6-9-13(14,3)10-15;1-11-6-5-7-12(2)13-10-15(3,4)14(13)9-8-11;1-11(2)13-8-9-14-7-5-6-12(3)15(14,4)10-13;1-8-3-5-10-7-12(10)13-9(2)4-6-11(8)13;1-11-6-9-13(10-7-11)8-4-3-5-12(13)2;1-8(2)10-6-4-9(3)5-7-10/h10,12-13H,3,5-9H2,1-2,4H3;11-13H,1,5-9H2,2-4H3;12H,1,5-10H2,2-4H3;6,13-14H,2,5,7-10H2,1,3-4H3;7,12-13H,1,5-6,8-10H2,2-4H3;9-13H,1,3-7H2,2H3;6H,2-5,7-10H2,1H3;4,10H,1,5-7H2,2-3H3/b;;;11-6+;;;;/t12?,13-,14+,15?;11?,12?,13?,15-;12?,13-,14+,15+;13-,14-;12-,13-,15+;;13-;10-/m00111.10/s1. The van der Waals surface area contributed by atoms with E-state index < -0.39 is 0 Å². The highest BCUT2D eigenvalue weighted by Crippen LogP contribution is 2.80. The monoisotopic (exact) mass is 1510 g/mol. The summed E-state index contributed by atoms with van der Waals surface area (Å²) in [6, 6.07) is 0. The maximum absolute atomic E-state index is 4.46. The Labute approximate surface area is 689 Å². The van der Waals surface area contributed by atoms with Crippen LogP contribution in [0.25, 0.3) is 0 Å². The van der Waals surface area contributed by atoms with Crippen LogP contribution in [-0.4, -0.2) is 0 Å². The van der Waals surface area contributed by atoms with Crippen molar-refractivity contribution in [2.45, 2.75) is 395 Å². The second kappa shape index (κ2) is 33.6. The largest absolute Gasteiger partial charge is 0.0999 e. The maximum Gasteiger partial charge on any atom is -0.00532 e. The summed E-state index contributed by atoms with van der Waals surface area (Å²) in [5, 5.41) is 0. The molecular weight excluding hydrogens is 1330 g/mol. The third-order valence-corrected chi connectivity index (χ3v) is 39.8. The molecule has 15 fully saturated rings. The summed E-state index contributed by atoms with van der Waals surface area (Å²) in [6.45, 7) is 79.9. The molecule has 11 unspecified atom stereocenters. The normalized spacial score (nSPS) is 45.4. The van der Waals surface area contributed by atoms with E-state index in [1.165, 1.54) is 279 Å². The summed E-state index contributed by atoms with van der Waals surface area (Å²) in [6.07, 6.45) is 66.6. The van der Waals surface area contributed by atoms with Crippen LogP contribution in [0.2, 0.25) is 0 Å².